The second-order valence-electron chi connectivity index (χ2n) is 8.35. The molecule has 1 amide bonds. The molecule has 8 heteroatoms. The number of anilines is 2. The number of carbonyl (C=O) groups excluding carboxylic acids is 1. The standard InChI is InChI=1S/C24H31N5O3/c1-6-28-11-12-29(16(2)15-28)19-14-21-20(26(3)24(31)27(21)4)13-18(19)25-23(30)17-9-7-8-10-22(17)32-5/h7-10,13-14,16H,6,11-12,15H2,1-5H3,(H,25,30). The summed E-state index contributed by atoms with van der Waals surface area (Å²) in [6, 6.07) is 11.4. The van der Waals surface area contributed by atoms with E-state index < -0.39 is 0 Å². The summed E-state index contributed by atoms with van der Waals surface area (Å²) in [6.07, 6.45) is 0. The number of aromatic nitrogens is 2. The molecule has 1 unspecified atom stereocenters. The van der Waals surface area contributed by atoms with Crippen LogP contribution >= 0.6 is 0 Å². The maximum atomic E-state index is 13.2. The average Bonchev–Trinajstić information content (AvgIpc) is 3.01. The molecule has 1 N–H and O–H groups in total. The summed E-state index contributed by atoms with van der Waals surface area (Å²) in [5.74, 6) is 0.272. The number of fused-ring (bicyclic) bond motifs is 1. The van der Waals surface area contributed by atoms with E-state index in [9.17, 15) is 9.59 Å². The Bertz CT molecular complexity index is 1210. The molecule has 8 nitrogen and oxygen atoms in total. The van der Waals surface area contributed by atoms with E-state index in [1.54, 1.807) is 42.5 Å². The lowest BCUT2D eigenvalue weighted by Gasteiger charge is -2.41. The average molecular weight is 438 g/mol. The summed E-state index contributed by atoms with van der Waals surface area (Å²) in [5.41, 5.74) is 3.59. The van der Waals surface area contributed by atoms with Crippen molar-refractivity contribution in [2.75, 3.05) is 43.5 Å². The Labute approximate surface area is 188 Å². The molecule has 1 aromatic heterocycles. The molecule has 3 aromatic rings. The molecular weight excluding hydrogens is 406 g/mol. The van der Waals surface area contributed by atoms with Crippen molar-refractivity contribution in [3.8, 4) is 5.75 Å². The van der Waals surface area contributed by atoms with Gasteiger partial charge in [0.15, 0.2) is 0 Å². The molecule has 1 saturated heterocycles. The van der Waals surface area contributed by atoms with Gasteiger partial charge in [0.05, 0.1) is 35.1 Å². The number of hydrogen-bond acceptors (Lipinski definition) is 5. The van der Waals surface area contributed by atoms with Crippen LogP contribution in [0, 0.1) is 0 Å². The van der Waals surface area contributed by atoms with Gasteiger partial charge in [-0.15, -0.1) is 0 Å². The summed E-state index contributed by atoms with van der Waals surface area (Å²) in [4.78, 5) is 30.5. The maximum Gasteiger partial charge on any atom is 0.328 e. The topological polar surface area (TPSA) is 71.7 Å². The van der Waals surface area contributed by atoms with Crippen LogP contribution in [0.5, 0.6) is 5.75 Å². The van der Waals surface area contributed by atoms with E-state index in [1.165, 1.54) is 0 Å². The van der Waals surface area contributed by atoms with Gasteiger partial charge in [0.25, 0.3) is 5.91 Å². The largest absolute Gasteiger partial charge is 0.496 e. The SMILES string of the molecule is CCN1CCN(c2cc3c(cc2NC(=O)c2ccccc2OC)n(C)c(=O)n3C)C(C)C1. The first-order valence-electron chi connectivity index (χ1n) is 11.0. The molecule has 1 aliphatic heterocycles. The quantitative estimate of drug-likeness (QED) is 0.665. The zero-order valence-corrected chi connectivity index (χ0v) is 19.4. The summed E-state index contributed by atoms with van der Waals surface area (Å²) in [5, 5.41) is 3.09. The van der Waals surface area contributed by atoms with Crippen molar-refractivity contribution in [1.82, 2.24) is 14.0 Å². The summed E-state index contributed by atoms with van der Waals surface area (Å²) in [6.45, 7) is 8.13. The van der Waals surface area contributed by atoms with Crippen LogP contribution in [0.25, 0.3) is 11.0 Å². The summed E-state index contributed by atoms with van der Waals surface area (Å²) >= 11 is 0. The maximum absolute atomic E-state index is 13.2. The number of rotatable bonds is 5. The highest BCUT2D eigenvalue weighted by Gasteiger charge is 2.27. The Hall–Kier alpha value is -3.26. The van der Waals surface area contributed by atoms with Crippen LogP contribution in [-0.2, 0) is 14.1 Å². The molecular formula is C24H31N5O3. The van der Waals surface area contributed by atoms with Gasteiger partial charge in [-0.3, -0.25) is 18.8 Å². The Morgan fingerprint density at radius 2 is 1.81 bits per heavy atom. The fraction of sp³-hybridized carbons (Fsp3) is 0.417. The molecule has 32 heavy (non-hydrogen) atoms. The Kier molecular flexibility index (Phi) is 5.97. The van der Waals surface area contributed by atoms with Gasteiger partial charge >= 0.3 is 5.69 Å². The molecule has 4 rings (SSSR count). The van der Waals surface area contributed by atoms with E-state index in [-0.39, 0.29) is 17.6 Å². The van der Waals surface area contributed by atoms with Gasteiger partial charge in [-0.1, -0.05) is 19.1 Å². The van der Waals surface area contributed by atoms with Gasteiger partial charge in [0.1, 0.15) is 5.75 Å². The number of piperazine rings is 1. The first-order chi connectivity index (χ1) is 15.3. The van der Waals surface area contributed by atoms with Crippen LogP contribution in [0.1, 0.15) is 24.2 Å². The van der Waals surface area contributed by atoms with Gasteiger partial charge < -0.3 is 15.0 Å². The second-order valence-corrected chi connectivity index (χ2v) is 8.35. The van der Waals surface area contributed by atoms with Gasteiger partial charge in [-0.25, -0.2) is 4.79 Å². The zero-order valence-electron chi connectivity index (χ0n) is 19.4. The predicted molar refractivity (Wildman–Crippen MR) is 128 cm³/mol. The van der Waals surface area contributed by atoms with Crippen LogP contribution < -0.4 is 20.6 Å². The smallest absolute Gasteiger partial charge is 0.328 e. The second kappa shape index (κ2) is 8.70. The number of carbonyl (C=O) groups is 1. The molecule has 170 valence electrons. The van der Waals surface area contributed by atoms with E-state index in [4.69, 9.17) is 4.74 Å². The van der Waals surface area contributed by atoms with Gasteiger partial charge in [0.2, 0.25) is 0 Å². The molecule has 0 aliphatic carbocycles. The summed E-state index contributed by atoms with van der Waals surface area (Å²) in [7, 11) is 5.08. The normalized spacial score (nSPS) is 17.0. The van der Waals surface area contributed by atoms with Crippen molar-refractivity contribution >= 4 is 28.3 Å². The Morgan fingerprint density at radius 1 is 1.12 bits per heavy atom. The van der Waals surface area contributed by atoms with E-state index in [0.717, 1.165) is 42.9 Å². The minimum Gasteiger partial charge on any atom is -0.496 e. The minimum absolute atomic E-state index is 0.0944. The van der Waals surface area contributed by atoms with Crippen molar-refractivity contribution in [3.05, 3.63) is 52.4 Å². The van der Waals surface area contributed by atoms with Gasteiger partial charge in [0, 0.05) is 39.8 Å². The predicted octanol–water partition coefficient (Wildman–Crippen LogP) is 2.67. The number of nitrogens with one attached hydrogen (secondary N) is 1. The van der Waals surface area contributed by atoms with E-state index in [2.05, 4.69) is 29.0 Å². The van der Waals surface area contributed by atoms with Crippen molar-refractivity contribution in [3.63, 3.8) is 0 Å². The number of methoxy groups -OCH3 is 1. The van der Waals surface area contributed by atoms with Crippen LogP contribution in [0.4, 0.5) is 11.4 Å². The molecule has 0 saturated carbocycles. The van der Waals surface area contributed by atoms with Crippen LogP contribution in [0.15, 0.2) is 41.2 Å². The molecule has 1 fully saturated rings. The summed E-state index contributed by atoms with van der Waals surface area (Å²) < 4.78 is 8.63. The first-order valence-corrected chi connectivity index (χ1v) is 11.0. The molecule has 2 heterocycles. The fourth-order valence-electron chi connectivity index (χ4n) is 4.57. The van der Waals surface area contributed by atoms with E-state index >= 15 is 0 Å². The molecule has 2 aromatic carbocycles. The van der Waals surface area contributed by atoms with E-state index in [1.807, 2.05) is 24.3 Å². The monoisotopic (exact) mass is 437 g/mol. The van der Waals surface area contributed by atoms with Crippen LogP contribution in [0.3, 0.4) is 0 Å². The number of para-hydroxylation sites is 1. The zero-order chi connectivity index (χ0) is 23.0. The van der Waals surface area contributed by atoms with Crippen molar-refractivity contribution in [1.29, 1.82) is 0 Å². The van der Waals surface area contributed by atoms with Crippen LogP contribution in [0.2, 0.25) is 0 Å². The molecule has 1 atom stereocenters. The Balaban J connectivity index is 1.81. The number of benzene rings is 2. The lowest BCUT2D eigenvalue weighted by atomic mass is 10.1. The lowest BCUT2D eigenvalue weighted by molar-refractivity contribution is 0.102. The van der Waals surface area contributed by atoms with Gasteiger partial charge in [-0.05, 0) is 37.7 Å². The van der Waals surface area contributed by atoms with Crippen molar-refractivity contribution < 1.29 is 9.53 Å². The third-order valence-corrected chi connectivity index (χ3v) is 6.46. The molecule has 1 aliphatic rings. The highest BCUT2D eigenvalue weighted by Crippen LogP contribution is 2.34. The fourth-order valence-corrected chi connectivity index (χ4v) is 4.57. The van der Waals surface area contributed by atoms with Crippen LogP contribution in [-0.4, -0.2) is 59.3 Å². The van der Waals surface area contributed by atoms with Gasteiger partial charge in [-0.2, -0.15) is 0 Å². The molecule has 0 spiro atoms. The minimum atomic E-state index is -0.246. The van der Waals surface area contributed by atoms with E-state index in [0.29, 0.717) is 17.0 Å². The van der Waals surface area contributed by atoms with Crippen molar-refractivity contribution in [2.45, 2.75) is 19.9 Å². The number of aryl methyl sites for hydroxylation is 2. The molecule has 0 radical (unpaired) electrons. The highest BCUT2D eigenvalue weighted by molar-refractivity contribution is 6.09. The first kappa shape index (κ1) is 22.0. The number of nitrogens with zero attached hydrogens (tertiary/aromatic N) is 4. The Morgan fingerprint density at radius 3 is 2.47 bits per heavy atom. The number of hydrogen-bond donors (Lipinski definition) is 1. The highest BCUT2D eigenvalue weighted by atomic mass is 16.5. The number of amides is 1. The van der Waals surface area contributed by atoms with Crippen molar-refractivity contribution in [2.24, 2.45) is 14.1 Å². The third kappa shape index (κ3) is 3.75. The lowest BCUT2D eigenvalue weighted by Crippen LogP contribution is -2.52. The number of ether oxygens (including phenoxy) is 1. The third-order valence-electron chi connectivity index (χ3n) is 6.46. The number of imidazole rings is 1. The number of likely N-dealkylation sites (N-methyl/N-ethyl adjacent to an activating group) is 1. The molecule has 0 bridgehead atoms.